The summed E-state index contributed by atoms with van der Waals surface area (Å²) in [6.07, 6.45) is 4.12. The van der Waals surface area contributed by atoms with Crippen LogP contribution in [-0.4, -0.2) is 18.6 Å². The molecule has 1 aliphatic heterocycles. The summed E-state index contributed by atoms with van der Waals surface area (Å²) < 4.78 is 5.39. The van der Waals surface area contributed by atoms with Crippen molar-refractivity contribution in [3.63, 3.8) is 0 Å². The van der Waals surface area contributed by atoms with Crippen molar-refractivity contribution < 1.29 is 14.3 Å². The van der Waals surface area contributed by atoms with Gasteiger partial charge in [0, 0.05) is 10.7 Å². The third kappa shape index (κ3) is 4.74. The molecule has 0 aliphatic carbocycles. The molecule has 0 bridgehead atoms. The Morgan fingerprint density at radius 2 is 1.96 bits per heavy atom. The second-order valence-corrected chi connectivity index (χ2v) is 6.30. The van der Waals surface area contributed by atoms with E-state index < -0.39 is 12.0 Å². The van der Waals surface area contributed by atoms with Gasteiger partial charge in [0.1, 0.15) is 5.92 Å². The van der Waals surface area contributed by atoms with E-state index in [-0.39, 0.29) is 12.0 Å². The van der Waals surface area contributed by atoms with E-state index in [1.54, 1.807) is 24.3 Å². The summed E-state index contributed by atoms with van der Waals surface area (Å²) in [5.74, 6) is -1.06. The summed E-state index contributed by atoms with van der Waals surface area (Å²) in [6, 6.07) is 6.11. The van der Waals surface area contributed by atoms with E-state index in [0.717, 1.165) is 31.2 Å². The number of halogens is 1. The number of hydrogen-bond acceptors (Lipinski definition) is 3. The van der Waals surface area contributed by atoms with Gasteiger partial charge in [-0.25, -0.2) is 4.79 Å². The molecule has 2 amide bonds. The molecule has 1 saturated heterocycles. The number of esters is 1. The molecule has 0 aromatic heterocycles. The number of amides is 2. The Balaban J connectivity index is 2.07. The predicted molar refractivity (Wildman–Crippen MR) is 93.6 cm³/mol. The van der Waals surface area contributed by atoms with Crippen LogP contribution in [0.25, 0.3) is 0 Å². The zero-order valence-electron chi connectivity index (χ0n) is 13.8. The van der Waals surface area contributed by atoms with Crippen molar-refractivity contribution in [2.24, 2.45) is 5.92 Å². The van der Waals surface area contributed by atoms with Gasteiger partial charge in [-0.2, -0.15) is 0 Å². The number of ether oxygens (including phenoxy) is 1. The lowest BCUT2D eigenvalue weighted by molar-refractivity contribution is -0.148. The first-order valence-corrected chi connectivity index (χ1v) is 8.59. The molecule has 0 saturated carbocycles. The van der Waals surface area contributed by atoms with Crippen molar-refractivity contribution in [2.75, 3.05) is 6.61 Å². The van der Waals surface area contributed by atoms with Gasteiger partial charge in [0.15, 0.2) is 0 Å². The Morgan fingerprint density at radius 3 is 2.62 bits per heavy atom. The third-order valence-corrected chi connectivity index (χ3v) is 4.25. The van der Waals surface area contributed by atoms with Gasteiger partial charge in [0.2, 0.25) is 0 Å². The van der Waals surface area contributed by atoms with Gasteiger partial charge in [-0.1, -0.05) is 56.5 Å². The molecule has 1 aromatic rings. The highest BCUT2D eigenvalue weighted by molar-refractivity contribution is 6.30. The molecule has 24 heavy (non-hydrogen) atoms. The fourth-order valence-corrected chi connectivity index (χ4v) is 2.83. The standard InChI is InChI=1S/C18H23ClN2O3/c1-3-4-5-6-11-24-17(22)15-12(2)20-18(23)21-16(15)13-7-9-14(19)10-8-13/h7-10,15-16H,2-6,11H2,1H3,(H2,20,21,23)/t15-,16+/m1/s1. The summed E-state index contributed by atoms with van der Waals surface area (Å²) in [4.78, 5) is 24.3. The highest BCUT2D eigenvalue weighted by Crippen LogP contribution is 2.31. The number of hydrogen-bond donors (Lipinski definition) is 2. The normalized spacial score (nSPS) is 20.2. The maximum absolute atomic E-state index is 12.5. The molecular formula is C18H23ClN2O3. The van der Waals surface area contributed by atoms with Crippen LogP contribution in [0.5, 0.6) is 0 Å². The van der Waals surface area contributed by atoms with E-state index in [4.69, 9.17) is 16.3 Å². The van der Waals surface area contributed by atoms with Gasteiger partial charge in [0.05, 0.1) is 12.6 Å². The molecule has 1 aromatic carbocycles. The Morgan fingerprint density at radius 1 is 1.25 bits per heavy atom. The first-order chi connectivity index (χ1) is 11.5. The van der Waals surface area contributed by atoms with Crippen molar-refractivity contribution in [2.45, 2.75) is 38.6 Å². The van der Waals surface area contributed by atoms with E-state index >= 15 is 0 Å². The number of urea groups is 1. The molecule has 1 heterocycles. The Kier molecular flexibility index (Phi) is 6.67. The van der Waals surface area contributed by atoms with Crippen LogP contribution in [0.2, 0.25) is 5.02 Å². The average molecular weight is 351 g/mol. The second-order valence-electron chi connectivity index (χ2n) is 5.86. The van der Waals surface area contributed by atoms with E-state index in [1.165, 1.54) is 0 Å². The molecule has 0 radical (unpaired) electrons. The largest absolute Gasteiger partial charge is 0.465 e. The van der Waals surface area contributed by atoms with Crippen molar-refractivity contribution in [3.8, 4) is 0 Å². The lowest BCUT2D eigenvalue weighted by atomic mass is 9.89. The first-order valence-electron chi connectivity index (χ1n) is 8.21. The van der Waals surface area contributed by atoms with Gasteiger partial charge in [-0.05, 0) is 24.1 Å². The number of rotatable bonds is 7. The third-order valence-electron chi connectivity index (χ3n) is 3.99. The fraction of sp³-hybridized carbons (Fsp3) is 0.444. The topological polar surface area (TPSA) is 67.4 Å². The number of benzene rings is 1. The van der Waals surface area contributed by atoms with Crippen molar-refractivity contribution in [1.29, 1.82) is 0 Å². The Labute approximate surface area is 147 Å². The van der Waals surface area contributed by atoms with Gasteiger partial charge in [-0.3, -0.25) is 4.79 Å². The van der Waals surface area contributed by atoms with E-state index in [9.17, 15) is 9.59 Å². The van der Waals surface area contributed by atoms with Crippen LogP contribution < -0.4 is 10.6 Å². The van der Waals surface area contributed by atoms with Crippen LogP contribution >= 0.6 is 11.6 Å². The highest BCUT2D eigenvalue weighted by Gasteiger charge is 2.38. The Bertz CT molecular complexity index is 601. The molecule has 0 spiro atoms. The van der Waals surface area contributed by atoms with Crippen molar-refractivity contribution in [1.82, 2.24) is 10.6 Å². The number of carbonyl (C=O) groups excluding carboxylic acids is 2. The quantitative estimate of drug-likeness (QED) is 0.578. The fourth-order valence-electron chi connectivity index (χ4n) is 2.70. The zero-order valence-corrected chi connectivity index (χ0v) is 14.6. The average Bonchev–Trinajstić information content (AvgIpc) is 2.54. The molecule has 130 valence electrons. The van der Waals surface area contributed by atoms with Crippen LogP contribution in [0.1, 0.15) is 44.2 Å². The van der Waals surface area contributed by atoms with Gasteiger partial charge in [0.25, 0.3) is 0 Å². The minimum Gasteiger partial charge on any atom is -0.465 e. The highest BCUT2D eigenvalue weighted by atomic mass is 35.5. The van der Waals surface area contributed by atoms with Crippen molar-refractivity contribution >= 4 is 23.6 Å². The smallest absolute Gasteiger partial charge is 0.319 e. The molecule has 0 unspecified atom stereocenters. The zero-order chi connectivity index (χ0) is 17.5. The molecule has 5 nitrogen and oxygen atoms in total. The summed E-state index contributed by atoms with van der Waals surface area (Å²) in [7, 11) is 0. The molecule has 2 rings (SSSR count). The minimum absolute atomic E-state index is 0.345. The molecule has 1 fully saturated rings. The molecule has 6 heteroatoms. The number of carbonyl (C=O) groups is 2. The maximum atomic E-state index is 12.5. The van der Waals surface area contributed by atoms with E-state index in [0.29, 0.717) is 17.3 Å². The summed E-state index contributed by atoms with van der Waals surface area (Å²) in [5.41, 5.74) is 1.13. The SMILES string of the molecule is C=C1NC(=O)N[C@@H](c2ccc(Cl)cc2)[C@@H]1C(=O)OCCCCCC. The van der Waals surface area contributed by atoms with Gasteiger partial charge >= 0.3 is 12.0 Å². The number of unbranched alkanes of at least 4 members (excludes halogenated alkanes) is 3. The summed E-state index contributed by atoms with van der Waals surface area (Å²) in [5, 5.41) is 5.92. The van der Waals surface area contributed by atoms with E-state index in [2.05, 4.69) is 24.1 Å². The summed E-state index contributed by atoms with van der Waals surface area (Å²) in [6.45, 7) is 6.33. The van der Waals surface area contributed by atoms with Crippen molar-refractivity contribution in [3.05, 3.63) is 47.1 Å². The van der Waals surface area contributed by atoms with Crippen LogP contribution in [0.3, 0.4) is 0 Å². The lowest BCUT2D eigenvalue weighted by Gasteiger charge is -2.33. The van der Waals surface area contributed by atoms with Gasteiger partial charge in [-0.15, -0.1) is 0 Å². The Hall–Kier alpha value is -2.01. The monoisotopic (exact) mass is 350 g/mol. The second kappa shape index (κ2) is 8.73. The molecule has 2 atom stereocenters. The van der Waals surface area contributed by atoms with Gasteiger partial charge < -0.3 is 15.4 Å². The summed E-state index contributed by atoms with van der Waals surface area (Å²) >= 11 is 5.91. The van der Waals surface area contributed by atoms with Crippen LogP contribution in [0.15, 0.2) is 36.5 Å². The van der Waals surface area contributed by atoms with Crippen LogP contribution in [-0.2, 0) is 9.53 Å². The van der Waals surface area contributed by atoms with Crippen LogP contribution in [0.4, 0.5) is 4.79 Å². The predicted octanol–water partition coefficient (Wildman–Crippen LogP) is 3.95. The van der Waals surface area contributed by atoms with E-state index in [1.807, 2.05) is 0 Å². The molecule has 2 N–H and O–H groups in total. The van der Waals surface area contributed by atoms with Crippen LogP contribution in [0, 0.1) is 5.92 Å². The molecular weight excluding hydrogens is 328 g/mol. The first kappa shape index (κ1) is 18.3. The molecule has 1 aliphatic rings. The maximum Gasteiger partial charge on any atom is 0.319 e. The lowest BCUT2D eigenvalue weighted by Crippen LogP contribution is -2.51. The number of nitrogens with one attached hydrogen (secondary N) is 2. The minimum atomic E-state index is -0.671.